The maximum atomic E-state index is 12.2. The molecular formula is C17H19ClN2O. The normalized spacial score (nSPS) is 12.0. The molecule has 1 atom stereocenters. The first kappa shape index (κ1) is 15.5. The summed E-state index contributed by atoms with van der Waals surface area (Å²) in [6.07, 6.45) is 0.817. The van der Waals surface area contributed by atoms with Gasteiger partial charge in [-0.3, -0.25) is 4.79 Å². The van der Waals surface area contributed by atoms with E-state index < -0.39 is 0 Å². The van der Waals surface area contributed by atoms with E-state index in [-0.39, 0.29) is 11.9 Å². The fourth-order valence-electron chi connectivity index (χ4n) is 2.17. The molecule has 2 rings (SSSR count). The molecule has 0 aromatic heterocycles. The van der Waals surface area contributed by atoms with Crippen LogP contribution in [0, 0.1) is 0 Å². The molecule has 0 aliphatic carbocycles. The zero-order chi connectivity index (χ0) is 15.2. The summed E-state index contributed by atoms with van der Waals surface area (Å²) < 4.78 is 0. The van der Waals surface area contributed by atoms with Crippen molar-refractivity contribution in [2.45, 2.75) is 19.4 Å². The van der Waals surface area contributed by atoms with Gasteiger partial charge < -0.3 is 11.1 Å². The zero-order valence-corrected chi connectivity index (χ0v) is 12.7. The summed E-state index contributed by atoms with van der Waals surface area (Å²) in [6, 6.07) is 14.9. The predicted octanol–water partition coefficient (Wildman–Crippen LogP) is 3.33. The van der Waals surface area contributed by atoms with E-state index in [4.69, 9.17) is 17.3 Å². The van der Waals surface area contributed by atoms with E-state index in [0.29, 0.717) is 17.1 Å². The van der Waals surface area contributed by atoms with E-state index in [0.717, 1.165) is 17.5 Å². The van der Waals surface area contributed by atoms with Gasteiger partial charge in [-0.1, -0.05) is 41.9 Å². The highest BCUT2D eigenvalue weighted by atomic mass is 35.5. The van der Waals surface area contributed by atoms with E-state index >= 15 is 0 Å². The minimum atomic E-state index is -0.144. The Bertz CT molecular complexity index is 610. The minimum absolute atomic E-state index is 0.110. The van der Waals surface area contributed by atoms with Crippen LogP contribution in [-0.4, -0.2) is 12.5 Å². The predicted molar refractivity (Wildman–Crippen MR) is 86.5 cm³/mol. The Labute approximate surface area is 130 Å². The molecule has 0 aliphatic heterocycles. The average Bonchev–Trinajstić information content (AvgIpc) is 2.48. The van der Waals surface area contributed by atoms with Crippen LogP contribution in [0.4, 0.5) is 0 Å². The van der Waals surface area contributed by atoms with Crippen LogP contribution in [0.1, 0.15) is 34.5 Å². The quantitative estimate of drug-likeness (QED) is 0.890. The molecule has 0 saturated carbocycles. The number of benzene rings is 2. The second-order valence-electron chi connectivity index (χ2n) is 4.95. The Kier molecular flexibility index (Phi) is 5.37. The Morgan fingerprint density at radius 1 is 1.19 bits per heavy atom. The van der Waals surface area contributed by atoms with Crippen LogP contribution in [0.25, 0.3) is 0 Å². The van der Waals surface area contributed by atoms with Crippen LogP contribution in [0.5, 0.6) is 0 Å². The molecule has 1 amide bonds. The highest BCUT2D eigenvalue weighted by Crippen LogP contribution is 2.22. The number of nitrogens with two attached hydrogens (primary N) is 1. The van der Waals surface area contributed by atoms with Gasteiger partial charge in [-0.25, -0.2) is 0 Å². The Morgan fingerprint density at radius 3 is 2.48 bits per heavy atom. The SMILES string of the molecule is C[C@@H](NC(=O)c1ccc(CCN)cc1)c1ccccc1Cl. The molecule has 21 heavy (non-hydrogen) atoms. The third-order valence-electron chi connectivity index (χ3n) is 3.37. The molecule has 2 aromatic carbocycles. The number of hydrogen-bond acceptors (Lipinski definition) is 2. The maximum Gasteiger partial charge on any atom is 0.251 e. The van der Waals surface area contributed by atoms with E-state index in [1.54, 1.807) is 0 Å². The second-order valence-corrected chi connectivity index (χ2v) is 5.36. The van der Waals surface area contributed by atoms with Crippen molar-refractivity contribution in [1.82, 2.24) is 5.32 Å². The molecule has 3 nitrogen and oxygen atoms in total. The molecule has 0 heterocycles. The molecule has 3 N–H and O–H groups in total. The van der Waals surface area contributed by atoms with Gasteiger partial charge in [-0.15, -0.1) is 0 Å². The number of carbonyl (C=O) groups is 1. The summed E-state index contributed by atoms with van der Waals surface area (Å²) in [5.74, 6) is -0.110. The van der Waals surface area contributed by atoms with Gasteiger partial charge in [0.05, 0.1) is 6.04 Å². The summed E-state index contributed by atoms with van der Waals surface area (Å²) in [5, 5.41) is 3.61. The van der Waals surface area contributed by atoms with Gasteiger partial charge in [-0.2, -0.15) is 0 Å². The van der Waals surface area contributed by atoms with Gasteiger partial charge in [0.1, 0.15) is 0 Å². The Hall–Kier alpha value is -1.84. The van der Waals surface area contributed by atoms with Crippen molar-refractivity contribution in [2.24, 2.45) is 5.73 Å². The number of amides is 1. The van der Waals surface area contributed by atoms with Crippen molar-refractivity contribution in [3.8, 4) is 0 Å². The first-order valence-corrected chi connectivity index (χ1v) is 7.34. The molecular weight excluding hydrogens is 284 g/mol. The molecule has 0 bridgehead atoms. The maximum absolute atomic E-state index is 12.2. The molecule has 4 heteroatoms. The van der Waals surface area contributed by atoms with Gasteiger partial charge in [0, 0.05) is 10.6 Å². The first-order chi connectivity index (χ1) is 10.1. The van der Waals surface area contributed by atoms with Crippen LogP contribution in [-0.2, 0) is 6.42 Å². The van der Waals surface area contributed by atoms with Crippen LogP contribution in [0.2, 0.25) is 5.02 Å². The monoisotopic (exact) mass is 302 g/mol. The van der Waals surface area contributed by atoms with Crippen LogP contribution in [0.3, 0.4) is 0 Å². The minimum Gasteiger partial charge on any atom is -0.345 e. The van der Waals surface area contributed by atoms with Crippen LogP contribution in [0.15, 0.2) is 48.5 Å². The third-order valence-corrected chi connectivity index (χ3v) is 3.71. The highest BCUT2D eigenvalue weighted by molar-refractivity contribution is 6.31. The summed E-state index contributed by atoms with van der Waals surface area (Å²) >= 11 is 6.14. The van der Waals surface area contributed by atoms with Crippen molar-refractivity contribution in [2.75, 3.05) is 6.54 Å². The zero-order valence-electron chi connectivity index (χ0n) is 12.0. The smallest absolute Gasteiger partial charge is 0.251 e. The molecule has 0 spiro atoms. The summed E-state index contributed by atoms with van der Waals surface area (Å²) in [5.41, 5.74) is 8.19. The van der Waals surface area contributed by atoms with Crippen molar-refractivity contribution < 1.29 is 4.79 Å². The number of carbonyl (C=O) groups excluding carboxylic acids is 1. The van der Waals surface area contributed by atoms with Gasteiger partial charge in [0.2, 0.25) is 0 Å². The Balaban J connectivity index is 2.05. The fraction of sp³-hybridized carbons (Fsp3) is 0.235. The van der Waals surface area contributed by atoms with Crippen molar-refractivity contribution in [3.05, 3.63) is 70.2 Å². The van der Waals surface area contributed by atoms with Crippen molar-refractivity contribution in [3.63, 3.8) is 0 Å². The number of rotatable bonds is 5. The fourth-order valence-corrected chi connectivity index (χ4v) is 2.47. The molecule has 0 fully saturated rings. The molecule has 0 unspecified atom stereocenters. The number of halogens is 1. The summed E-state index contributed by atoms with van der Waals surface area (Å²) in [6.45, 7) is 2.52. The largest absolute Gasteiger partial charge is 0.345 e. The number of hydrogen-bond donors (Lipinski definition) is 2. The molecule has 0 aliphatic rings. The van der Waals surface area contributed by atoms with Crippen LogP contribution < -0.4 is 11.1 Å². The first-order valence-electron chi connectivity index (χ1n) is 6.96. The van der Waals surface area contributed by atoms with Gasteiger partial charge >= 0.3 is 0 Å². The summed E-state index contributed by atoms with van der Waals surface area (Å²) in [7, 11) is 0. The van der Waals surface area contributed by atoms with Crippen LogP contribution >= 0.6 is 11.6 Å². The third kappa shape index (κ3) is 4.06. The molecule has 0 saturated heterocycles. The molecule has 110 valence electrons. The number of nitrogens with one attached hydrogen (secondary N) is 1. The molecule has 2 aromatic rings. The lowest BCUT2D eigenvalue weighted by Crippen LogP contribution is -2.26. The van der Waals surface area contributed by atoms with Crippen molar-refractivity contribution >= 4 is 17.5 Å². The van der Waals surface area contributed by atoms with E-state index in [1.807, 2.05) is 55.5 Å². The van der Waals surface area contributed by atoms with E-state index in [9.17, 15) is 4.79 Å². The van der Waals surface area contributed by atoms with E-state index in [2.05, 4.69) is 5.32 Å². The topological polar surface area (TPSA) is 55.1 Å². The standard InChI is InChI=1S/C17H19ClN2O/c1-12(15-4-2-3-5-16(15)18)20-17(21)14-8-6-13(7-9-14)10-11-19/h2-9,12H,10-11,19H2,1H3,(H,20,21)/t12-/m1/s1. The average molecular weight is 303 g/mol. The van der Waals surface area contributed by atoms with Crippen molar-refractivity contribution in [1.29, 1.82) is 0 Å². The van der Waals surface area contributed by atoms with Gasteiger partial charge in [-0.05, 0) is 49.2 Å². The summed E-state index contributed by atoms with van der Waals surface area (Å²) in [4.78, 5) is 12.2. The lowest BCUT2D eigenvalue weighted by Gasteiger charge is -2.15. The molecule has 0 radical (unpaired) electrons. The lowest BCUT2D eigenvalue weighted by molar-refractivity contribution is 0.0940. The van der Waals surface area contributed by atoms with E-state index in [1.165, 1.54) is 0 Å². The van der Waals surface area contributed by atoms with Gasteiger partial charge in [0.15, 0.2) is 0 Å². The Morgan fingerprint density at radius 2 is 1.86 bits per heavy atom. The second kappa shape index (κ2) is 7.25. The lowest BCUT2D eigenvalue weighted by atomic mass is 10.1. The highest BCUT2D eigenvalue weighted by Gasteiger charge is 2.13. The van der Waals surface area contributed by atoms with Gasteiger partial charge in [0.25, 0.3) is 5.91 Å².